The molecule has 0 unspecified atom stereocenters. The van der Waals surface area contributed by atoms with Crippen LogP contribution >= 0.6 is 0 Å². The summed E-state index contributed by atoms with van der Waals surface area (Å²) < 4.78 is 16.3. The Balaban J connectivity index is 1.54. The highest BCUT2D eigenvalue weighted by Crippen LogP contribution is 2.33. The molecule has 1 aromatic carbocycles. The van der Waals surface area contributed by atoms with Crippen molar-refractivity contribution < 1.29 is 18.5 Å². The molecule has 1 saturated carbocycles. The molecule has 0 saturated heterocycles. The molecule has 0 atom stereocenters. The summed E-state index contributed by atoms with van der Waals surface area (Å²) in [4.78, 5) is 16.7. The number of carbonyl (C=O) groups is 1. The first-order chi connectivity index (χ1) is 13.0. The number of benzene rings is 1. The Morgan fingerprint density at radius 3 is 2.78 bits per heavy atom. The van der Waals surface area contributed by atoms with E-state index in [1.807, 2.05) is 25.1 Å². The first-order valence-electron chi connectivity index (χ1n) is 9.27. The van der Waals surface area contributed by atoms with E-state index in [0.717, 1.165) is 48.3 Å². The molecule has 1 fully saturated rings. The number of ether oxygens (including phenoxy) is 1. The van der Waals surface area contributed by atoms with Gasteiger partial charge in [0.25, 0.3) is 0 Å². The molecule has 0 bridgehead atoms. The summed E-state index contributed by atoms with van der Waals surface area (Å²) in [5.74, 6) is 1.86. The van der Waals surface area contributed by atoms with Crippen molar-refractivity contribution in [2.24, 2.45) is 5.92 Å². The topological polar surface area (TPSA) is 90.4 Å². The van der Waals surface area contributed by atoms with Crippen molar-refractivity contribution in [3.8, 4) is 17.3 Å². The minimum Gasteiger partial charge on any atom is -0.497 e. The van der Waals surface area contributed by atoms with Gasteiger partial charge in [-0.25, -0.2) is 0 Å². The third-order valence-electron chi connectivity index (χ3n) is 5.32. The molecular formula is C20H23N3O4. The fourth-order valence-electron chi connectivity index (χ4n) is 3.60. The van der Waals surface area contributed by atoms with E-state index >= 15 is 0 Å². The Labute approximate surface area is 157 Å². The van der Waals surface area contributed by atoms with Gasteiger partial charge in [0, 0.05) is 17.0 Å². The van der Waals surface area contributed by atoms with Gasteiger partial charge in [0.1, 0.15) is 11.3 Å². The summed E-state index contributed by atoms with van der Waals surface area (Å²) in [6, 6.07) is 5.73. The molecule has 0 spiro atoms. The van der Waals surface area contributed by atoms with Crippen molar-refractivity contribution in [1.29, 1.82) is 0 Å². The molecule has 1 N–H and O–H groups in total. The SMILES string of the molecule is COc1ccc2oc(-c3noc(C(=O)NC4CCC(C)CC4)n3)c(C)c2c1. The summed E-state index contributed by atoms with van der Waals surface area (Å²) in [5, 5.41) is 7.85. The number of furan rings is 1. The van der Waals surface area contributed by atoms with Gasteiger partial charge in [0.15, 0.2) is 5.76 Å². The minimum atomic E-state index is -0.330. The Morgan fingerprint density at radius 1 is 1.26 bits per heavy atom. The predicted octanol–water partition coefficient (Wildman–Crippen LogP) is 4.11. The van der Waals surface area contributed by atoms with Gasteiger partial charge in [-0.1, -0.05) is 12.1 Å². The van der Waals surface area contributed by atoms with Crippen LogP contribution in [-0.4, -0.2) is 29.2 Å². The Kier molecular flexibility index (Phi) is 4.59. The molecule has 1 aliphatic rings. The number of nitrogens with zero attached hydrogens (tertiary/aromatic N) is 2. The molecule has 2 aromatic heterocycles. The summed E-state index contributed by atoms with van der Waals surface area (Å²) in [5.41, 5.74) is 1.58. The van der Waals surface area contributed by atoms with Gasteiger partial charge in [-0.05, 0) is 56.7 Å². The number of fused-ring (bicyclic) bond motifs is 1. The maximum Gasteiger partial charge on any atom is 0.316 e. The van der Waals surface area contributed by atoms with E-state index in [-0.39, 0.29) is 23.7 Å². The third-order valence-corrected chi connectivity index (χ3v) is 5.32. The van der Waals surface area contributed by atoms with Crippen LogP contribution in [0.25, 0.3) is 22.6 Å². The smallest absolute Gasteiger partial charge is 0.316 e. The van der Waals surface area contributed by atoms with Gasteiger partial charge in [0.2, 0.25) is 5.82 Å². The molecule has 2 heterocycles. The van der Waals surface area contributed by atoms with Crippen LogP contribution in [0.1, 0.15) is 48.9 Å². The Bertz CT molecular complexity index is 967. The average Bonchev–Trinajstić information content (AvgIpc) is 3.28. The number of aryl methyl sites for hydroxylation is 1. The highest BCUT2D eigenvalue weighted by molar-refractivity contribution is 5.91. The fourth-order valence-corrected chi connectivity index (χ4v) is 3.60. The van der Waals surface area contributed by atoms with Gasteiger partial charge >= 0.3 is 11.8 Å². The number of amides is 1. The summed E-state index contributed by atoms with van der Waals surface area (Å²) in [6.07, 6.45) is 4.22. The highest BCUT2D eigenvalue weighted by Gasteiger charge is 2.25. The van der Waals surface area contributed by atoms with Crippen LogP contribution in [-0.2, 0) is 0 Å². The van der Waals surface area contributed by atoms with E-state index in [9.17, 15) is 4.79 Å². The molecule has 7 heteroatoms. The lowest BCUT2D eigenvalue weighted by atomic mass is 9.87. The minimum absolute atomic E-state index is 0.0407. The van der Waals surface area contributed by atoms with Gasteiger partial charge < -0.3 is 19.0 Å². The monoisotopic (exact) mass is 369 g/mol. The van der Waals surface area contributed by atoms with Crippen LogP contribution in [0.4, 0.5) is 0 Å². The third kappa shape index (κ3) is 3.41. The Hall–Kier alpha value is -2.83. The number of rotatable bonds is 4. The number of aromatic nitrogens is 2. The van der Waals surface area contributed by atoms with Crippen molar-refractivity contribution in [3.05, 3.63) is 29.7 Å². The zero-order valence-electron chi connectivity index (χ0n) is 15.7. The van der Waals surface area contributed by atoms with Crippen molar-refractivity contribution in [3.63, 3.8) is 0 Å². The number of methoxy groups -OCH3 is 1. The van der Waals surface area contributed by atoms with Gasteiger partial charge in [-0.15, -0.1) is 0 Å². The molecule has 4 rings (SSSR count). The predicted molar refractivity (Wildman–Crippen MR) is 99.7 cm³/mol. The van der Waals surface area contributed by atoms with Gasteiger partial charge in [-0.2, -0.15) is 4.98 Å². The number of nitrogens with one attached hydrogen (secondary N) is 1. The second-order valence-electron chi connectivity index (χ2n) is 7.27. The molecular weight excluding hydrogens is 346 g/mol. The number of carbonyl (C=O) groups excluding carboxylic acids is 1. The van der Waals surface area contributed by atoms with Gasteiger partial charge in [-0.3, -0.25) is 4.79 Å². The second kappa shape index (κ2) is 7.06. The van der Waals surface area contributed by atoms with Crippen molar-refractivity contribution in [2.45, 2.75) is 45.6 Å². The zero-order chi connectivity index (χ0) is 19.0. The molecule has 7 nitrogen and oxygen atoms in total. The molecule has 1 amide bonds. The lowest BCUT2D eigenvalue weighted by Crippen LogP contribution is -2.37. The zero-order valence-corrected chi connectivity index (χ0v) is 15.7. The standard InChI is InChI=1S/C20H23N3O4/c1-11-4-6-13(7-5-11)21-19(24)20-22-18(23-27-20)17-12(2)15-10-14(25-3)8-9-16(15)26-17/h8-11,13H,4-7H2,1-3H3,(H,21,24). The van der Waals surface area contributed by atoms with Crippen LogP contribution in [0.5, 0.6) is 5.75 Å². The summed E-state index contributed by atoms with van der Waals surface area (Å²) >= 11 is 0. The van der Waals surface area contributed by atoms with Gasteiger partial charge in [0.05, 0.1) is 7.11 Å². The maximum absolute atomic E-state index is 12.4. The second-order valence-corrected chi connectivity index (χ2v) is 7.27. The van der Waals surface area contributed by atoms with E-state index < -0.39 is 0 Å². The highest BCUT2D eigenvalue weighted by atomic mass is 16.5. The van der Waals surface area contributed by atoms with Crippen LogP contribution in [0, 0.1) is 12.8 Å². The van der Waals surface area contributed by atoms with E-state index in [4.69, 9.17) is 13.7 Å². The number of hydrogen-bond donors (Lipinski definition) is 1. The van der Waals surface area contributed by atoms with E-state index in [1.165, 1.54) is 0 Å². The van der Waals surface area contributed by atoms with E-state index in [2.05, 4.69) is 22.4 Å². The molecule has 0 radical (unpaired) electrons. The van der Waals surface area contributed by atoms with Crippen molar-refractivity contribution in [1.82, 2.24) is 15.5 Å². The normalized spacial score (nSPS) is 20.0. The van der Waals surface area contributed by atoms with Crippen LogP contribution in [0.2, 0.25) is 0 Å². The molecule has 3 aromatic rings. The Morgan fingerprint density at radius 2 is 2.04 bits per heavy atom. The van der Waals surface area contributed by atoms with E-state index in [0.29, 0.717) is 11.3 Å². The number of hydrogen-bond acceptors (Lipinski definition) is 6. The van der Waals surface area contributed by atoms with Crippen molar-refractivity contribution in [2.75, 3.05) is 7.11 Å². The van der Waals surface area contributed by atoms with Crippen LogP contribution in [0.3, 0.4) is 0 Å². The largest absolute Gasteiger partial charge is 0.497 e. The first-order valence-corrected chi connectivity index (χ1v) is 9.27. The van der Waals surface area contributed by atoms with Crippen LogP contribution < -0.4 is 10.1 Å². The lowest BCUT2D eigenvalue weighted by Gasteiger charge is -2.26. The lowest BCUT2D eigenvalue weighted by molar-refractivity contribution is 0.0878. The summed E-state index contributed by atoms with van der Waals surface area (Å²) in [7, 11) is 1.62. The first kappa shape index (κ1) is 17.6. The average molecular weight is 369 g/mol. The van der Waals surface area contributed by atoms with Crippen molar-refractivity contribution >= 4 is 16.9 Å². The molecule has 1 aliphatic carbocycles. The quantitative estimate of drug-likeness (QED) is 0.744. The van der Waals surface area contributed by atoms with E-state index in [1.54, 1.807) is 7.11 Å². The maximum atomic E-state index is 12.4. The molecule has 0 aliphatic heterocycles. The summed E-state index contributed by atoms with van der Waals surface area (Å²) in [6.45, 7) is 4.16. The molecule has 142 valence electrons. The van der Waals surface area contributed by atoms with Crippen LogP contribution in [0.15, 0.2) is 27.1 Å². The fraction of sp³-hybridized carbons (Fsp3) is 0.450. The molecule has 27 heavy (non-hydrogen) atoms.